The molecule has 0 spiro atoms. The minimum absolute atomic E-state index is 0.0870. The lowest BCUT2D eigenvalue weighted by molar-refractivity contribution is -0.121. The normalized spacial score (nSPS) is 14.9. The van der Waals surface area contributed by atoms with Gasteiger partial charge in [0.2, 0.25) is 5.91 Å². The number of hydrogen-bond donors (Lipinski definition) is 1. The van der Waals surface area contributed by atoms with Crippen molar-refractivity contribution < 1.29 is 9.59 Å². The van der Waals surface area contributed by atoms with Crippen LogP contribution < -0.4 is 10.2 Å². The zero-order chi connectivity index (χ0) is 20.1. The molecule has 0 saturated carbocycles. The Labute approximate surface area is 168 Å². The molecule has 0 unspecified atom stereocenters. The highest BCUT2D eigenvalue weighted by Gasteiger charge is 2.42. The molecular formula is C22H21N3O2S. The van der Waals surface area contributed by atoms with Crippen LogP contribution in [0.5, 0.6) is 0 Å². The lowest BCUT2D eigenvalue weighted by Gasteiger charge is -2.16. The first-order valence-corrected chi connectivity index (χ1v) is 9.92. The van der Waals surface area contributed by atoms with Crippen LogP contribution in [0, 0.1) is 6.92 Å². The second-order valence-electron chi connectivity index (χ2n) is 7.58. The van der Waals surface area contributed by atoms with Gasteiger partial charge in [0.25, 0.3) is 5.91 Å². The van der Waals surface area contributed by atoms with Gasteiger partial charge in [-0.2, -0.15) is 0 Å². The van der Waals surface area contributed by atoms with E-state index in [1.807, 2.05) is 56.5 Å². The van der Waals surface area contributed by atoms with Gasteiger partial charge in [-0.1, -0.05) is 23.8 Å². The van der Waals surface area contributed by atoms with Gasteiger partial charge in [-0.25, -0.2) is 4.98 Å². The summed E-state index contributed by atoms with van der Waals surface area (Å²) in [5.74, 6) is -0.0906. The van der Waals surface area contributed by atoms with E-state index in [1.165, 1.54) is 11.3 Å². The van der Waals surface area contributed by atoms with E-state index in [-0.39, 0.29) is 11.8 Å². The van der Waals surface area contributed by atoms with Crippen LogP contribution in [0.1, 0.15) is 35.3 Å². The number of nitrogens with one attached hydrogen (secondary N) is 1. The fourth-order valence-corrected chi connectivity index (χ4v) is 4.19. The first kappa shape index (κ1) is 18.4. The molecule has 6 heteroatoms. The van der Waals surface area contributed by atoms with Crippen molar-refractivity contribution in [1.29, 1.82) is 0 Å². The molecule has 142 valence electrons. The van der Waals surface area contributed by atoms with E-state index in [0.717, 1.165) is 28.1 Å². The predicted molar refractivity (Wildman–Crippen MR) is 113 cm³/mol. The number of thiazole rings is 1. The molecule has 1 aliphatic rings. The molecule has 0 bridgehead atoms. The number of carbonyl (C=O) groups excluding carboxylic acids is 2. The molecule has 2 aromatic carbocycles. The number of anilines is 2. The van der Waals surface area contributed by atoms with Gasteiger partial charge < -0.3 is 4.90 Å². The molecule has 0 atom stereocenters. The number of nitrogens with zero attached hydrogens (tertiary/aromatic N) is 2. The number of hydrogen-bond acceptors (Lipinski definition) is 4. The fourth-order valence-electron chi connectivity index (χ4n) is 3.47. The smallest absolute Gasteiger partial charge is 0.257 e. The van der Waals surface area contributed by atoms with Crippen molar-refractivity contribution in [2.75, 3.05) is 17.3 Å². The Balaban J connectivity index is 1.59. The first-order chi connectivity index (χ1) is 13.3. The third-order valence-corrected chi connectivity index (χ3v) is 5.96. The Hall–Kier alpha value is -2.99. The number of benzene rings is 2. The summed E-state index contributed by atoms with van der Waals surface area (Å²) >= 11 is 1.38. The maximum atomic E-state index is 12.5. The minimum atomic E-state index is -0.557. The average Bonchev–Trinajstić information content (AvgIpc) is 3.20. The standard InChI is InChI=1S/C22H21N3O2S/c1-13-5-7-14(8-6-13)19(26)24-21-23-17(12-28-21)15-9-10-18-16(11-15)22(2,3)20(27)25(18)4/h5-12H,1-4H3,(H,23,24,26). The largest absolute Gasteiger partial charge is 0.314 e. The zero-order valence-electron chi connectivity index (χ0n) is 16.2. The molecule has 2 amide bonds. The Morgan fingerprint density at radius 1 is 1.14 bits per heavy atom. The Bertz CT molecular complexity index is 1080. The molecular weight excluding hydrogens is 370 g/mol. The van der Waals surface area contributed by atoms with Crippen LogP contribution in [-0.2, 0) is 10.2 Å². The molecule has 0 fully saturated rings. The Kier molecular flexibility index (Phi) is 4.31. The lowest BCUT2D eigenvalue weighted by Crippen LogP contribution is -2.33. The Morgan fingerprint density at radius 3 is 2.57 bits per heavy atom. The van der Waals surface area contributed by atoms with Crippen molar-refractivity contribution in [3.8, 4) is 11.3 Å². The summed E-state index contributed by atoms with van der Waals surface area (Å²) in [6.07, 6.45) is 0. The monoisotopic (exact) mass is 391 g/mol. The second kappa shape index (κ2) is 6.56. The molecule has 0 aliphatic carbocycles. The maximum absolute atomic E-state index is 12.5. The van der Waals surface area contributed by atoms with E-state index in [1.54, 1.807) is 24.1 Å². The first-order valence-electron chi connectivity index (χ1n) is 9.04. The molecule has 4 rings (SSSR count). The van der Waals surface area contributed by atoms with Crippen LogP contribution in [0.2, 0.25) is 0 Å². The summed E-state index contributed by atoms with van der Waals surface area (Å²) in [7, 11) is 1.80. The molecule has 1 N–H and O–H groups in total. The number of likely N-dealkylation sites (N-methyl/N-ethyl adjacent to an activating group) is 1. The van der Waals surface area contributed by atoms with Crippen molar-refractivity contribution in [3.63, 3.8) is 0 Å². The van der Waals surface area contributed by atoms with Gasteiger partial charge in [0.15, 0.2) is 5.13 Å². The summed E-state index contributed by atoms with van der Waals surface area (Å²) in [5, 5.41) is 5.32. The minimum Gasteiger partial charge on any atom is -0.314 e. The van der Waals surface area contributed by atoms with Crippen molar-refractivity contribution >= 4 is 34.0 Å². The zero-order valence-corrected chi connectivity index (χ0v) is 17.1. The number of rotatable bonds is 3. The Morgan fingerprint density at radius 2 is 1.86 bits per heavy atom. The van der Waals surface area contributed by atoms with E-state index in [2.05, 4.69) is 10.3 Å². The number of amides is 2. The van der Waals surface area contributed by atoms with Gasteiger partial charge in [-0.3, -0.25) is 14.9 Å². The van der Waals surface area contributed by atoms with E-state index in [0.29, 0.717) is 10.7 Å². The highest BCUT2D eigenvalue weighted by molar-refractivity contribution is 7.14. The van der Waals surface area contributed by atoms with Gasteiger partial charge in [0.1, 0.15) is 0 Å². The van der Waals surface area contributed by atoms with Crippen LogP contribution in [0.3, 0.4) is 0 Å². The molecule has 28 heavy (non-hydrogen) atoms. The van der Waals surface area contributed by atoms with Gasteiger partial charge in [0.05, 0.1) is 11.1 Å². The van der Waals surface area contributed by atoms with Crippen LogP contribution in [-0.4, -0.2) is 23.8 Å². The van der Waals surface area contributed by atoms with E-state index < -0.39 is 5.41 Å². The highest BCUT2D eigenvalue weighted by Crippen LogP contribution is 2.42. The third-order valence-electron chi connectivity index (χ3n) is 5.20. The van der Waals surface area contributed by atoms with E-state index >= 15 is 0 Å². The maximum Gasteiger partial charge on any atom is 0.257 e. The van der Waals surface area contributed by atoms with Gasteiger partial charge in [-0.15, -0.1) is 11.3 Å². The second-order valence-corrected chi connectivity index (χ2v) is 8.44. The highest BCUT2D eigenvalue weighted by atomic mass is 32.1. The molecule has 3 aromatic rings. The van der Waals surface area contributed by atoms with E-state index in [4.69, 9.17) is 0 Å². The van der Waals surface area contributed by atoms with Crippen LogP contribution in [0.25, 0.3) is 11.3 Å². The molecule has 1 aliphatic heterocycles. The molecule has 0 radical (unpaired) electrons. The number of aromatic nitrogens is 1. The summed E-state index contributed by atoms with van der Waals surface area (Å²) in [4.78, 5) is 31.1. The van der Waals surface area contributed by atoms with Crippen molar-refractivity contribution in [2.45, 2.75) is 26.2 Å². The number of aryl methyl sites for hydroxylation is 1. The van der Waals surface area contributed by atoms with Crippen molar-refractivity contribution in [3.05, 3.63) is 64.5 Å². The SMILES string of the molecule is Cc1ccc(C(=O)Nc2nc(-c3ccc4c(c3)C(C)(C)C(=O)N4C)cs2)cc1. The third kappa shape index (κ3) is 2.99. The van der Waals surface area contributed by atoms with Crippen LogP contribution in [0.15, 0.2) is 47.8 Å². The van der Waals surface area contributed by atoms with Gasteiger partial charge >= 0.3 is 0 Å². The summed E-state index contributed by atoms with van der Waals surface area (Å²) < 4.78 is 0. The van der Waals surface area contributed by atoms with Gasteiger partial charge in [0, 0.05) is 29.2 Å². The summed E-state index contributed by atoms with van der Waals surface area (Å²) in [5.41, 5.74) is 4.79. The molecule has 0 saturated heterocycles. The van der Waals surface area contributed by atoms with Crippen molar-refractivity contribution in [1.82, 2.24) is 4.98 Å². The van der Waals surface area contributed by atoms with Crippen LogP contribution >= 0.6 is 11.3 Å². The lowest BCUT2D eigenvalue weighted by atomic mass is 9.85. The predicted octanol–water partition coefficient (Wildman–Crippen LogP) is 4.62. The van der Waals surface area contributed by atoms with Crippen molar-refractivity contribution in [2.24, 2.45) is 0 Å². The molecule has 1 aromatic heterocycles. The quantitative estimate of drug-likeness (QED) is 0.708. The topological polar surface area (TPSA) is 62.3 Å². The average molecular weight is 391 g/mol. The molecule has 2 heterocycles. The van der Waals surface area contributed by atoms with Gasteiger partial charge in [-0.05, 0) is 50.6 Å². The number of carbonyl (C=O) groups is 2. The fraction of sp³-hybridized carbons (Fsp3) is 0.227. The number of fused-ring (bicyclic) bond motifs is 1. The van der Waals surface area contributed by atoms with E-state index in [9.17, 15) is 9.59 Å². The summed E-state index contributed by atoms with van der Waals surface area (Å²) in [6, 6.07) is 13.4. The molecule has 5 nitrogen and oxygen atoms in total. The summed E-state index contributed by atoms with van der Waals surface area (Å²) in [6.45, 7) is 5.86. The van der Waals surface area contributed by atoms with Crippen LogP contribution in [0.4, 0.5) is 10.8 Å².